The molecule has 3 rings (SSSR count). The fraction of sp³-hybridized carbons (Fsp3) is 0.632. The molecule has 2 fully saturated rings. The molecule has 2 saturated heterocycles. The van der Waals surface area contributed by atoms with E-state index in [0.29, 0.717) is 13.0 Å². The number of anilines is 1. The summed E-state index contributed by atoms with van der Waals surface area (Å²) in [7, 11) is 0. The maximum atomic E-state index is 12.5. The highest BCUT2D eigenvalue weighted by atomic mass is 16.2. The first-order valence-electron chi connectivity index (χ1n) is 9.75. The molecule has 0 atom stereocenters. The summed E-state index contributed by atoms with van der Waals surface area (Å²) in [6.45, 7) is 8.81. The zero-order valence-corrected chi connectivity index (χ0v) is 15.7. The van der Waals surface area contributed by atoms with Crippen molar-refractivity contribution in [2.24, 2.45) is 4.99 Å². The molecule has 1 aromatic heterocycles. The van der Waals surface area contributed by atoms with Crippen LogP contribution in [0.2, 0.25) is 0 Å². The van der Waals surface area contributed by atoms with Gasteiger partial charge in [-0.05, 0) is 31.9 Å². The average Bonchev–Trinajstić information content (AvgIpc) is 3.23. The Labute approximate surface area is 156 Å². The molecule has 3 heterocycles. The molecule has 0 aliphatic carbocycles. The van der Waals surface area contributed by atoms with Gasteiger partial charge in [-0.1, -0.05) is 6.07 Å². The highest BCUT2D eigenvalue weighted by Gasteiger charge is 2.21. The highest BCUT2D eigenvalue weighted by molar-refractivity contribution is 5.81. The minimum Gasteiger partial charge on any atom is -0.357 e. The second-order valence-corrected chi connectivity index (χ2v) is 6.74. The molecule has 2 aliphatic heterocycles. The Hall–Kier alpha value is -2.31. The van der Waals surface area contributed by atoms with E-state index in [9.17, 15) is 4.79 Å². The summed E-state index contributed by atoms with van der Waals surface area (Å²) in [5.74, 6) is 2.15. The number of carbonyl (C=O) groups is 1. The van der Waals surface area contributed by atoms with Crippen LogP contribution in [0.1, 0.15) is 26.2 Å². The number of likely N-dealkylation sites (tertiary alicyclic amines) is 1. The zero-order chi connectivity index (χ0) is 18.2. The van der Waals surface area contributed by atoms with E-state index in [-0.39, 0.29) is 5.91 Å². The van der Waals surface area contributed by atoms with Crippen molar-refractivity contribution in [3.05, 3.63) is 24.4 Å². The number of rotatable bonds is 5. The Balaban J connectivity index is 1.44. The number of nitrogens with one attached hydrogen (secondary N) is 1. The number of piperazine rings is 1. The third-order valence-corrected chi connectivity index (χ3v) is 4.93. The van der Waals surface area contributed by atoms with Gasteiger partial charge in [0, 0.05) is 58.4 Å². The molecule has 26 heavy (non-hydrogen) atoms. The fourth-order valence-corrected chi connectivity index (χ4v) is 3.50. The number of amides is 1. The molecule has 0 bridgehead atoms. The van der Waals surface area contributed by atoms with Gasteiger partial charge >= 0.3 is 0 Å². The Bertz CT molecular complexity index is 591. The van der Waals surface area contributed by atoms with Gasteiger partial charge in [-0.3, -0.25) is 9.79 Å². The summed E-state index contributed by atoms with van der Waals surface area (Å²) in [5.41, 5.74) is 0. The molecular weight excluding hydrogens is 328 g/mol. The third kappa shape index (κ3) is 4.86. The molecule has 0 aromatic carbocycles. The Kier molecular flexibility index (Phi) is 6.68. The van der Waals surface area contributed by atoms with Crippen molar-refractivity contribution in [2.75, 3.05) is 57.3 Å². The number of carbonyl (C=O) groups excluding carboxylic acids is 1. The number of guanidine groups is 1. The number of aliphatic imine (C=N–C) groups is 1. The van der Waals surface area contributed by atoms with Crippen LogP contribution in [-0.4, -0.2) is 79.0 Å². The van der Waals surface area contributed by atoms with Crippen LogP contribution < -0.4 is 10.2 Å². The van der Waals surface area contributed by atoms with Gasteiger partial charge in [0.05, 0.1) is 6.54 Å². The summed E-state index contributed by atoms with van der Waals surface area (Å²) in [5, 5.41) is 3.34. The fourth-order valence-electron chi connectivity index (χ4n) is 3.50. The summed E-state index contributed by atoms with van der Waals surface area (Å²) < 4.78 is 0. The average molecular weight is 358 g/mol. The minimum atomic E-state index is 0.201. The van der Waals surface area contributed by atoms with Crippen molar-refractivity contribution in [3.8, 4) is 0 Å². The van der Waals surface area contributed by atoms with Crippen molar-refractivity contribution >= 4 is 17.7 Å². The van der Waals surface area contributed by atoms with Gasteiger partial charge in [0.1, 0.15) is 5.82 Å². The number of hydrogen-bond donors (Lipinski definition) is 1. The molecule has 1 N–H and O–H groups in total. The third-order valence-electron chi connectivity index (χ3n) is 4.93. The molecular formula is C19H30N6O. The summed E-state index contributed by atoms with van der Waals surface area (Å²) in [6.07, 6.45) is 4.74. The van der Waals surface area contributed by atoms with Crippen molar-refractivity contribution in [1.29, 1.82) is 0 Å². The molecule has 7 heteroatoms. The molecule has 0 unspecified atom stereocenters. The second-order valence-electron chi connectivity index (χ2n) is 6.74. The van der Waals surface area contributed by atoms with Crippen LogP contribution in [0, 0.1) is 0 Å². The number of aromatic nitrogens is 1. The van der Waals surface area contributed by atoms with Gasteiger partial charge in [-0.2, -0.15) is 0 Å². The predicted octanol–water partition coefficient (Wildman–Crippen LogP) is 1.18. The van der Waals surface area contributed by atoms with Gasteiger partial charge in [-0.15, -0.1) is 0 Å². The van der Waals surface area contributed by atoms with Crippen LogP contribution in [0.25, 0.3) is 0 Å². The lowest BCUT2D eigenvalue weighted by Gasteiger charge is -2.35. The summed E-state index contributed by atoms with van der Waals surface area (Å²) >= 11 is 0. The monoisotopic (exact) mass is 358 g/mol. The maximum absolute atomic E-state index is 12.5. The normalized spacial score (nSPS) is 18.3. The number of hydrogen-bond acceptors (Lipinski definition) is 4. The lowest BCUT2D eigenvalue weighted by Crippen LogP contribution is -2.49. The van der Waals surface area contributed by atoms with Crippen LogP contribution in [0.5, 0.6) is 0 Å². The van der Waals surface area contributed by atoms with Crippen LogP contribution in [0.3, 0.4) is 0 Å². The second kappa shape index (κ2) is 9.40. The van der Waals surface area contributed by atoms with Crippen molar-refractivity contribution in [2.45, 2.75) is 26.2 Å². The molecule has 142 valence electrons. The van der Waals surface area contributed by atoms with Gasteiger partial charge in [-0.25, -0.2) is 4.98 Å². The first kappa shape index (κ1) is 18.5. The van der Waals surface area contributed by atoms with E-state index in [0.717, 1.165) is 57.6 Å². The maximum Gasteiger partial charge on any atom is 0.224 e. The van der Waals surface area contributed by atoms with Crippen molar-refractivity contribution in [3.63, 3.8) is 0 Å². The van der Waals surface area contributed by atoms with E-state index >= 15 is 0 Å². The topological polar surface area (TPSA) is 64.1 Å². The van der Waals surface area contributed by atoms with E-state index in [1.54, 1.807) is 0 Å². The molecule has 7 nitrogen and oxygen atoms in total. The van der Waals surface area contributed by atoms with Crippen LogP contribution in [0.4, 0.5) is 5.82 Å². The Morgan fingerprint density at radius 1 is 1.12 bits per heavy atom. The van der Waals surface area contributed by atoms with Gasteiger partial charge in [0.25, 0.3) is 0 Å². The Morgan fingerprint density at radius 2 is 1.88 bits per heavy atom. The summed E-state index contributed by atoms with van der Waals surface area (Å²) in [6, 6.07) is 5.95. The SMILES string of the molecule is CCNC(=NCCC(=O)N1CCN(c2ccccn2)CC1)N1CCCC1. The van der Waals surface area contributed by atoms with E-state index in [1.807, 2.05) is 29.3 Å². The molecule has 0 saturated carbocycles. The number of nitrogens with zero attached hydrogens (tertiary/aromatic N) is 5. The van der Waals surface area contributed by atoms with E-state index in [4.69, 9.17) is 0 Å². The molecule has 2 aliphatic rings. The quantitative estimate of drug-likeness (QED) is 0.633. The van der Waals surface area contributed by atoms with Crippen molar-refractivity contribution < 1.29 is 4.79 Å². The standard InChI is InChI=1S/C19H30N6O/c1-2-20-19(25-11-5-6-12-25)22-10-8-18(26)24-15-13-23(14-16-24)17-7-3-4-9-21-17/h3-4,7,9H,2,5-6,8,10-16H2,1H3,(H,20,22). The van der Waals surface area contributed by atoms with Gasteiger partial charge in [0.2, 0.25) is 5.91 Å². The zero-order valence-electron chi connectivity index (χ0n) is 15.7. The molecule has 1 amide bonds. The van der Waals surface area contributed by atoms with Crippen molar-refractivity contribution in [1.82, 2.24) is 20.1 Å². The summed E-state index contributed by atoms with van der Waals surface area (Å²) in [4.78, 5) is 28.0. The molecule has 1 aromatic rings. The highest BCUT2D eigenvalue weighted by Crippen LogP contribution is 2.13. The van der Waals surface area contributed by atoms with Gasteiger partial charge in [0.15, 0.2) is 5.96 Å². The molecule has 0 spiro atoms. The smallest absolute Gasteiger partial charge is 0.224 e. The lowest BCUT2D eigenvalue weighted by molar-refractivity contribution is -0.131. The van der Waals surface area contributed by atoms with Gasteiger partial charge < -0.3 is 20.0 Å². The predicted molar refractivity (Wildman–Crippen MR) is 104 cm³/mol. The Morgan fingerprint density at radius 3 is 2.54 bits per heavy atom. The van der Waals surface area contributed by atoms with E-state index in [1.165, 1.54) is 12.8 Å². The van der Waals surface area contributed by atoms with Crippen LogP contribution in [0.15, 0.2) is 29.4 Å². The lowest BCUT2D eigenvalue weighted by atomic mass is 10.2. The van der Waals surface area contributed by atoms with E-state index < -0.39 is 0 Å². The van der Waals surface area contributed by atoms with E-state index in [2.05, 4.69) is 32.0 Å². The van der Waals surface area contributed by atoms with Crippen LogP contribution in [-0.2, 0) is 4.79 Å². The van der Waals surface area contributed by atoms with Crippen LogP contribution >= 0.6 is 0 Å². The first-order valence-corrected chi connectivity index (χ1v) is 9.75. The largest absolute Gasteiger partial charge is 0.357 e. The minimum absolute atomic E-state index is 0.201. The first-order chi connectivity index (χ1) is 12.8. The number of pyridine rings is 1. The molecule has 0 radical (unpaired) electrons.